The molecule has 0 amide bonds. The zero-order chi connectivity index (χ0) is 13.9. The van der Waals surface area contributed by atoms with E-state index in [4.69, 9.17) is 5.11 Å². The van der Waals surface area contributed by atoms with E-state index in [2.05, 4.69) is 48.0 Å². The molecule has 19 heavy (non-hydrogen) atoms. The molecule has 1 rings (SSSR count). The fourth-order valence-electron chi connectivity index (χ4n) is 1.99. The molecule has 0 unspecified atom stereocenters. The van der Waals surface area contributed by atoms with Gasteiger partial charge in [-0.15, -0.1) is 6.58 Å². The van der Waals surface area contributed by atoms with Gasteiger partial charge in [0.25, 0.3) is 0 Å². The van der Waals surface area contributed by atoms with E-state index >= 15 is 0 Å². The molecular weight excluding hydrogens is 236 g/mol. The van der Waals surface area contributed by atoms with Crippen LogP contribution < -0.4 is 5.32 Å². The van der Waals surface area contributed by atoms with Crippen LogP contribution in [0.2, 0.25) is 0 Å². The van der Waals surface area contributed by atoms with E-state index in [0.717, 1.165) is 32.6 Å². The van der Waals surface area contributed by atoms with Crippen LogP contribution in [0.25, 0.3) is 0 Å². The Labute approximate surface area is 116 Å². The lowest BCUT2D eigenvalue weighted by molar-refractivity contribution is 0.203. The van der Waals surface area contributed by atoms with Crippen LogP contribution in [0, 0.1) is 0 Å². The van der Waals surface area contributed by atoms with E-state index in [1.54, 1.807) is 0 Å². The van der Waals surface area contributed by atoms with Gasteiger partial charge in [0.2, 0.25) is 0 Å². The smallest absolute Gasteiger partial charge is 0.0558 e. The summed E-state index contributed by atoms with van der Waals surface area (Å²) >= 11 is 0. The lowest BCUT2D eigenvalue weighted by Gasteiger charge is -2.19. The van der Waals surface area contributed by atoms with E-state index in [1.165, 1.54) is 11.1 Å². The minimum absolute atomic E-state index is 0.187. The molecule has 3 nitrogen and oxygen atoms in total. The first kappa shape index (κ1) is 15.9. The molecule has 1 aromatic rings. The van der Waals surface area contributed by atoms with Crippen LogP contribution >= 0.6 is 0 Å². The van der Waals surface area contributed by atoms with Gasteiger partial charge < -0.3 is 10.4 Å². The summed E-state index contributed by atoms with van der Waals surface area (Å²) in [5.41, 5.74) is 2.59. The summed E-state index contributed by atoms with van der Waals surface area (Å²) in [5.74, 6) is 0. The van der Waals surface area contributed by atoms with Crippen LogP contribution in [-0.4, -0.2) is 36.2 Å². The molecule has 106 valence electrons. The summed E-state index contributed by atoms with van der Waals surface area (Å²) in [4.78, 5) is 2.18. The average Bonchev–Trinajstić information content (AvgIpc) is 2.42. The van der Waals surface area contributed by atoms with Gasteiger partial charge in [0.15, 0.2) is 0 Å². The van der Waals surface area contributed by atoms with E-state index in [0.29, 0.717) is 6.54 Å². The molecule has 0 aliphatic carbocycles. The summed E-state index contributed by atoms with van der Waals surface area (Å²) in [5, 5.41) is 12.4. The van der Waals surface area contributed by atoms with Crippen molar-refractivity contribution >= 4 is 0 Å². The number of benzene rings is 1. The van der Waals surface area contributed by atoms with Crippen molar-refractivity contribution in [2.75, 3.05) is 26.2 Å². The second kappa shape index (κ2) is 9.73. The van der Waals surface area contributed by atoms with Crippen molar-refractivity contribution in [2.45, 2.75) is 26.4 Å². The van der Waals surface area contributed by atoms with Crippen molar-refractivity contribution in [3.63, 3.8) is 0 Å². The minimum atomic E-state index is 0.187. The Balaban J connectivity index is 2.47. The van der Waals surface area contributed by atoms with E-state index in [9.17, 15) is 0 Å². The van der Waals surface area contributed by atoms with Crippen LogP contribution in [0.15, 0.2) is 36.9 Å². The largest absolute Gasteiger partial charge is 0.395 e. The third-order valence-corrected chi connectivity index (χ3v) is 2.99. The Hall–Kier alpha value is -1.16. The topological polar surface area (TPSA) is 35.5 Å². The maximum Gasteiger partial charge on any atom is 0.0558 e. The number of rotatable bonds is 10. The first-order valence-corrected chi connectivity index (χ1v) is 7.02. The Morgan fingerprint density at radius 1 is 1.26 bits per heavy atom. The van der Waals surface area contributed by atoms with Crippen LogP contribution in [0.4, 0.5) is 0 Å². The van der Waals surface area contributed by atoms with Crippen LogP contribution in [-0.2, 0) is 13.1 Å². The highest BCUT2D eigenvalue weighted by molar-refractivity contribution is 5.22. The van der Waals surface area contributed by atoms with Crippen LogP contribution in [0.3, 0.4) is 0 Å². The number of hydrogen-bond acceptors (Lipinski definition) is 3. The van der Waals surface area contributed by atoms with E-state index < -0.39 is 0 Å². The summed E-state index contributed by atoms with van der Waals surface area (Å²) < 4.78 is 0. The lowest BCUT2D eigenvalue weighted by Crippen LogP contribution is -2.26. The van der Waals surface area contributed by atoms with Gasteiger partial charge in [-0.3, -0.25) is 4.90 Å². The fourth-order valence-corrected chi connectivity index (χ4v) is 1.99. The molecule has 0 saturated carbocycles. The first-order valence-electron chi connectivity index (χ1n) is 7.02. The van der Waals surface area contributed by atoms with Crippen molar-refractivity contribution in [1.82, 2.24) is 10.2 Å². The minimum Gasteiger partial charge on any atom is -0.395 e. The first-order chi connectivity index (χ1) is 9.30. The van der Waals surface area contributed by atoms with Gasteiger partial charge in [-0.1, -0.05) is 37.3 Å². The molecule has 0 spiro atoms. The highest BCUT2D eigenvalue weighted by Gasteiger charge is 2.03. The highest BCUT2D eigenvalue weighted by atomic mass is 16.3. The second-order valence-electron chi connectivity index (χ2n) is 4.74. The second-order valence-corrected chi connectivity index (χ2v) is 4.74. The molecule has 3 heteroatoms. The highest BCUT2D eigenvalue weighted by Crippen LogP contribution is 2.07. The number of aliphatic hydroxyl groups is 1. The predicted octanol–water partition coefficient (Wildman–Crippen LogP) is 2.17. The maximum absolute atomic E-state index is 9.02. The Morgan fingerprint density at radius 3 is 2.53 bits per heavy atom. The quantitative estimate of drug-likeness (QED) is 0.501. The molecule has 0 aromatic heterocycles. The van der Waals surface area contributed by atoms with E-state index in [-0.39, 0.29) is 6.61 Å². The summed E-state index contributed by atoms with van der Waals surface area (Å²) in [6, 6.07) is 8.67. The molecule has 0 heterocycles. The fraction of sp³-hybridized carbons (Fsp3) is 0.500. The van der Waals surface area contributed by atoms with Gasteiger partial charge in [0, 0.05) is 26.2 Å². The van der Waals surface area contributed by atoms with Crippen molar-refractivity contribution < 1.29 is 5.11 Å². The molecule has 1 aromatic carbocycles. The van der Waals surface area contributed by atoms with Gasteiger partial charge in [-0.25, -0.2) is 0 Å². The maximum atomic E-state index is 9.02. The normalized spacial score (nSPS) is 10.9. The van der Waals surface area contributed by atoms with Crippen molar-refractivity contribution in [1.29, 1.82) is 0 Å². The van der Waals surface area contributed by atoms with Crippen LogP contribution in [0.5, 0.6) is 0 Å². The summed E-state index contributed by atoms with van der Waals surface area (Å²) in [7, 11) is 0. The predicted molar refractivity (Wildman–Crippen MR) is 81.0 cm³/mol. The van der Waals surface area contributed by atoms with Crippen molar-refractivity contribution in [3.05, 3.63) is 48.0 Å². The third kappa shape index (κ3) is 6.53. The monoisotopic (exact) mass is 262 g/mol. The summed E-state index contributed by atoms with van der Waals surface area (Å²) in [6.07, 6.45) is 3.04. The molecule has 0 radical (unpaired) electrons. The standard InChI is InChI=1S/C16H26N2O/c1-3-9-17-13-15-5-7-16(8-6-15)14-18(10-4-2)11-12-19/h4-8,17,19H,2-3,9-14H2,1H3. The third-order valence-electron chi connectivity index (χ3n) is 2.99. The molecule has 0 atom stereocenters. The number of aliphatic hydroxyl groups excluding tert-OH is 1. The molecule has 0 bridgehead atoms. The number of nitrogens with one attached hydrogen (secondary N) is 1. The molecule has 0 aliphatic heterocycles. The van der Waals surface area contributed by atoms with Crippen molar-refractivity contribution in [3.8, 4) is 0 Å². The van der Waals surface area contributed by atoms with E-state index in [1.807, 2.05) is 6.08 Å². The molecule has 2 N–H and O–H groups in total. The molecule has 0 aliphatic rings. The van der Waals surface area contributed by atoms with Crippen LogP contribution in [0.1, 0.15) is 24.5 Å². The Bertz CT molecular complexity index is 348. The Morgan fingerprint density at radius 2 is 1.95 bits per heavy atom. The molecule has 0 saturated heterocycles. The lowest BCUT2D eigenvalue weighted by atomic mass is 10.1. The zero-order valence-electron chi connectivity index (χ0n) is 11.9. The number of nitrogens with zero attached hydrogens (tertiary/aromatic N) is 1. The zero-order valence-corrected chi connectivity index (χ0v) is 11.9. The average molecular weight is 262 g/mol. The molecular formula is C16H26N2O. The van der Waals surface area contributed by atoms with Gasteiger partial charge >= 0.3 is 0 Å². The molecule has 0 fully saturated rings. The summed E-state index contributed by atoms with van der Waals surface area (Å²) in [6.45, 7) is 10.4. The Kier molecular flexibility index (Phi) is 8.14. The van der Waals surface area contributed by atoms with Gasteiger partial charge in [-0.2, -0.15) is 0 Å². The van der Waals surface area contributed by atoms with Gasteiger partial charge in [0.1, 0.15) is 0 Å². The van der Waals surface area contributed by atoms with Gasteiger partial charge in [0.05, 0.1) is 6.61 Å². The van der Waals surface area contributed by atoms with Crippen molar-refractivity contribution in [2.24, 2.45) is 0 Å². The number of hydrogen-bond donors (Lipinski definition) is 2. The van der Waals surface area contributed by atoms with Gasteiger partial charge in [-0.05, 0) is 24.1 Å². The SMILES string of the molecule is C=CCN(CCO)Cc1ccc(CNCCC)cc1.